The number of nitrogens with one attached hydrogen (secondary N) is 2. The van der Waals surface area contributed by atoms with Gasteiger partial charge >= 0.3 is 17.9 Å². The summed E-state index contributed by atoms with van der Waals surface area (Å²) in [6.45, 7) is 9.35. The first-order chi connectivity index (χ1) is 16.5. The molecule has 1 aliphatic heterocycles. The molecule has 0 aliphatic carbocycles. The van der Waals surface area contributed by atoms with Crippen LogP contribution >= 0.6 is 0 Å². The van der Waals surface area contributed by atoms with E-state index in [1.54, 1.807) is 50.9 Å². The molecule has 0 bridgehead atoms. The van der Waals surface area contributed by atoms with Crippen molar-refractivity contribution in [2.45, 2.75) is 65.7 Å². The first kappa shape index (κ1) is 26.1. The van der Waals surface area contributed by atoms with Crippen LogP contribution in [0.3, 0.4) is 0 Å². The monoisotopic (exact) mass is 483 g/mol. The van der Waals surface area contributed by atoms with Crippen molar-refractivity contribution in [1.29, 1.82) is 0 Å². The van der Waals surface area contributed by atoms with Crippen LogP contribution in [0.25, 0.3) is 0 Å². The highest BCUT2D eigenvalue weighted by molar-refractivity contribution is 6.39. The number of nitrogens with zero attached hydrogens (tertiary/aromatic N) is 3. The van der Waals surface area contributed by atoms with Crippen LogP contribution in [-0.4, -0.2) is 50.0 Å². The molecule has 0 unspecified atom stereocenters. The van der Waals surface area contributed by atoms with Gasteiger partial charge in [-0.2, -0.15) is 0 Å². The first-order valence-electron chi connectivity index (χ1n) is 11.6. The number of aromatic nitrogens is 2. The van der Waals surface area contributed by atoms with Gasteiger partial charge in [0.15, 0.2) is 0 Å². The molecule has 3 heterocycles. The average molecular weight is 484 g/mol. The second kappa shape index (κ2) is 10.8. The van der Waals surface area contributed by atoms with Crippen LogP contribution in [-0.2, 0) is 20.9 Å². The number of aryl methyl sites for hydroxylation is 1. The van der Waals surface area contributed by atoms with Crippen molar-refractivity contribution in [3.05, 3.63) is 47.4 Å². The number of hydrogen-bond donors (Lipinski definition) is 3. The molecule has 3 amide bonds. The molecule has 2 aromatic rings. The summed E-state index contributed by atoms with van der Waals surface area (Å²) in [5, 5.41) is 14.4. The summed E-state index contributed by atoms with van der Waals surface area (Å²) < 4.78 is 5.23. The standard InChI is InChI=1S/C25H33N5O5/c1-15-6-9-20(17-7-8-18(14-31)26-11-17)30(13-15)23(33)22(32)28-19-10-16(2)21(27-12-19)29-24(34)35-25(3,4)5/h7-8,10-12,15,20,31H,6,9,13-14H2,1-5H3,(H,28,32)(H,27,29,34)/t15-,20+/m0/s1. The molecule has 3 N–H and O–H groups in total. The lowest BCUT2D eigenvalue weighted by Gasteiger charge is -2.38. The fourth-order valence-corrected chi connectivity index (χ4v) is 3.94. The topological polar surface area (TPSA) is 134 Å². The lowest BCUT2D eigenvalue weighted by Crippen LogP contribution is -2.46. The molecule has 2 atom stereocenters. The van der Waals surface area contributed by atoms with E-state index in [-0.39, 0.29) is 18.6 Å². The molecule has 188 valence electrons. The molecule has 0 aromatic carbocycles. The SMILES string of the molecule is Cc1cc(NC(=O)C(=O)N2C[C@@H](C)CC[C@@H]2c2ccc(CO)nc2)cnc1NC(=O)OC(C)(C)C. The number of pyridine rings is 2. The van der Waals surface area contributed by atoms with E-state index >= 15 is 0 Å². The van der Waals surface area contributed by atoms with Gasteiger partial charge in [0.2, 0.25) is 0 Å². The molecule has 2 aromatic heterocycles. The number of hydrogen-bond acceptors (Lipinski definition) is 7. The minimum Gasteiger partial charge on any atom is -0.444 e. The maximum Gasteiger partial charge on any atom is 0.413 e. The van der Waals surface area contributed by atoms with Crippen LogP contribution in [0.4, 0.5) is 16.3 Å². The number of amides is 3. The number of likely N-dealkylation sites (tertiary alicyclic amines) is 1. The highest BCUT2D eigenvalue weighted by atomic mass is 16.6. The van der Waals surface area contributed by atoms with Gasteiger partial charge in [-0.15, -0.1) is 0 Å². The summed E-state index contributed by atoms with van der Waals surface area (Å²) in [5.74, 6) is -0.846. The Balaban J connectivity index is 1.70. The second-order valence-corrected chi connectivity index (χ2v) is 9.87. The number of aliphatic hydroxyl groups excluding tert-OH is 1. The molecule has 0 spiro atoms. The number of aliphatic hydroxyl groups is 1. The Hall–Kier alpha value is -3.53. The van der Waals surface area contributed by atoms with Crippen LogP contribution in [0.1, 0.15) is 63.4 Å². The van der Waals surface area contributed by atoms with E-state index in [2.05, 4.69) is 20.6 Å². The Morgan fingerprint density at radius 3 is 2.49 bits per heavy atom. The molecule has 0 radical (unpaired) electrons. The zero-order valence-corrected chi connectivity index (χ0v) is 20.8. The quantitative estimate of drug-likeness (QED) is 0.566. The lowest BCUT2D eigenvalue weighted by molar-refractivity contribution is -0.146. The van der Waals surface area contributed by atoms with E-state index in [9.17, 15) is 19.5 Å². The maximum atomic E-state index is 13.1. The Kier molecular flexibility index (Phi) is 8.06. The number of piperidine rings is 1. The van der Waals surface area contributed by atoms with Gasteiger partial charge in [-0.3, -0.25) is 19.9 Å². The second-order valence-electron chi connectivity index (χ2n) is 9.87. The maximum absolute atomic E-state index is 13.1. The molecule has 1 aliphatic rings. The van der Waals surface area contributed by atoms with Crippen LogP contribution in [0.2, 0.25) is 0 Å². The largest absolute Gasteiger partial charge is 0.444 e. The van der Waals surface area contributed by atoms with Gasteiger partial charge in [0, 0.05) is 12.7 Å². The fraction of sp³-hybridized carbons (Fsp3) is 0.480. The summed E-state index contributed by atoms with van der Waals surface area (Å²) in [6, 6.07) is 4.90. The van der Waals surface area contributed by atoms with Crippen LogP contribution < -0.4 is 10.6 Å². The van der Waals surface area contributed by atoms with Crippen molar-refractivity contribution in [3.63, 3.8) is 0 Å². The minimum absolute atomic E-state index is 0.160. The van der Waals surface area contributed by atoms with E-state index in [0.717, 1.165) is 12.0 Å². The summed E-state index contributed by atoms with van der Waals surface area (Å²) in [5.41, 5.74) is 1.66. The molecule has 3 rings (SSSR count). The van der Waals surface area contributed by atoms with Gasteiger partial charge in [0.25, 0.3) is 0 Å². The molecular formula is C25H33N5O5. The zero-order valence-electron chi connectivity index (χ0n) is 20.8. The number of ether oxygens (including phenoxy) is 1. The number of carbonyl (C=O) groups excluding carboxylic acids is 3. The average Bonchev–Trinajstić information content (AvgIpc) is 2.79. The summed E-state index contributed by atoms with van der Waals surface area (Å²) >= 11 is 0. The van der Waals surface area contributed by atoms with Crippen LogP contribution in [0.5, 0.6) is 0 Å². The van der Waals surface area contributed by atoms with E-state index in [4.69, 9.17) is 4.74 Å². The smallest absolute Gasteiger partial charge is 0.413 e. The van der Waals surface area contributed by atoms with Gasteiger partial charge in [0.1, 0.15) is 11.4 Å². The Labute approximate surface area is 205 Å². The van der Waals surface area contributed by atoms with Crippen molar-refractivity contribution < 1.29 is 24.2 Å². The Morgan fingerprint density at radius 2 is 1.89 bits per heavy atom. The predicted octanol–water partition coefficient (Wildman–Crippen LogP) is 3.56. The fourth-order valence-electron chi connectivity index (χ4n) is 3.94. The van der Waals surface area contributed by atoms with Gasteiger partial charge in [0.05, 0.1) is 30.2 Å². The molecule has 1 fully saturated rings. The van der Waals surface area contributed by atoms with E-state index in [1.807, 2.05) is 13.0 Å². The van der Waals surface area contributed by atoms with E-state index in [1.165, 1.54) is 6.20 Å². The predicted molar refractivity (Wildman–Crippen MR) is 130 cm³/mol. The summed E-state index contributed by atoms with van der Waals surface area (Å²) in [7, 11) is 0. The molecule has 10 nitrogen and oxygen atoms in total. The van der Waals surface area contributed by atoms with Crippen molar-refractivity contribution >= 4 is 29.4 Å². The third kappa shape index (κ3) is 6.98. The Morgan fingerprint density at radius 1 is 1.14 bits per heavy atom. The third-order valence-corrected chi connectivity index (χ3v) is 5.62. The van der Waals surface area contributed by atoms with Crippen molar-refractivity contribution in [2.75, 3.05) is 17.2 Å². The molecule has 0 saturated carbocycles. The van der Waals surface area contributed by atoms with Crippen molar-refractivity contribution in [1.82, 2.24) is 14.9 Å². The molecule has 35 heavy (non-hydrogen) atoms. The van der Waals surface area contributed by atoms with Gasteiger partial charge < -0.3 is 20.1 Å². The number of carbonyl (C=O) groups is 3. The summed E-state index contributed by atoms with van der Waals surface area (Å²) in [4.78, 5) is 48.0. The van der Waals surface area contributed by atoms with Crippen molar-refractivity contribution in [2.24, 2.45) is 5.92 Å². The zero-order chi connectivity index (χ0) is 25.8. The number of anilines is 2. The normalized spacial score (nSPS) is 18.1. The van der Waals surface area contributed by atoms with Crippen LogP contribution in [0, 0.1) is 12.8 Å². The lowest BCUT2D eigenvalue weighted by atomic mass is 9.90. The van der Waals surface area contributed by atoms with Gasteiger partial charge in [-0.05, 0) is 69.7 Å². The molecule has 10 heteroatoms. The summed E-state index contributed by atoms with van der Waals surface area (Å²) in [6.07, 6.45) is 4.03. The minimum atomic E-state index is -0.766. The molecular weight excluding hydrogens is 450 g/mol. The van der Waals surface area contributed by atoms with Gasteiger partial charge in [-0.1, -0.05) is 13.0 Å². The molecule has 1 saturated heterocycles. The van der Waals surface area contributed by atoms with E-state index in [0.29, 0.717) is 35.7 Å². The first-order valence-corrected chi connectivity index (χ1v) is 11.6. The highest BCUT2D eigenvalue weighted by Crippen LogP contribution is 2.33. The van der Waals surface area contributed by atoms with Crippen LogP contribution in [0.15, 0.2) is 30.6 Å². The third-order valence-electron chi connectivity index (χ3n) is 5.62. The number of rotatable bonds is 4. The van der Waals surface area contributed by atoms with E-state index < -0.39 is 23.5 Å². The Bertz CT molecular complexity index is 1080. The van der Waals surface area contributed by atoms with Gasteiger partial charge in [-0.25, -0.2) is 9.78 Å². The van der Waals surface area contributed by atoms with Crippen molar-refractivity contribution in [3.8, 4) is 0 Å². The highest BCUT2D eigenvalue weighted by Gasteiger charge is 2.34.